The Morgan fingerprint density at radius 3 is 2.83 bits per heavy atom. The van der Waals surface area contributed by atoms with E-state index in [1.807, 2.05) is 0 Å². The highest BCUT2D eigenvalue weighted by atomic mass is 32.2. The van der Waals surface area contributed by atoms with Gasteiger partial charge in [-0.15, -0.1) is 0 Å². The Bertz CT molecular complexity index is 164. The van der Waals surface area contributed by atoms with Crippen molar-refractivity contribution in [2.45, 2.75) is 13.8 Å². The summed E-state index contributed by atoms with van der Waals surface area (Å²) in [6.07, 6.45) is 1.29. The molecular weight excluding hydrogens is 174 g/mol. The standard InChI is InChI=1S/C8H15NO2S/c1-3-12-5-4-11-8(10)6-7(2)9/h6H,3-5,9H2,1-2H3/b7-6-. The van der Waals surface area contributed by atoms with E-state index in [9.17, 15) is 4.79 Å². The largest absolute Gasteiger partial charge is 0.462 e. The maximum atomic E-state index is 10.8. The van der Waals surface area contributed by atoms with Gasteiger partial charge < -0.3 is 10.5 Å². The molecule has 0 aliphatic heterocycles. The number of hydrogen-bond acceptors (Lipinski definition) is 4. The van der Waals surface area contributed by atoms with Crippen molar-refractivity contribution in [1.82, 2.24) is 0 Å². The molecule has 0 amide bonds. The molecule has 0 spiro atoms. The first-order valence-electron chi connectivity index (χ1n) is 3.85. The molecule has 0 unspecified atom stereocenters. The smallest absolute Gasteiger partial charge is 0.332 e. The summed E-state index contributed by atoms with van der Waals surface area (Å²) in [6, 6.07) is 0. The zero-order valence-electron chi connectivity index (χ0n) is 7.50. The van der Waals surface area contributed by atoms with Gasteiger partial charge in [0.15, 0.2) is 0 Å². The SMILES string of the molecule is CCSCCOC(=O)/C=C(/C)N. The van der Waals surface area contributed by atoms with Crippen molar-refractivity contribution in [2.75, 3.05) is 18.1 Å². The van der Waals surface area contributed by atoms with Crippen LogP contribution in [0.3, 0.4) is 0 Å². The van der Waals surface area contributed by atoms with Crippen molar-refractivity contribution in [1.29, 1.82) is 0 Å². The minimum absolute atomic E-state index is 0.355. The Kier molecular flexibility index (Phi) is 6.66. The summed E-state index contributed by atoms with van der Waals surface area (Å²) in [6.45, 7) is 4.18. The van der Waals surface area contributed by atoms with Crippen LogP contribution in [0.25, 0.3) is 0 Å². The molecule has 0 rings (SSSR count). The fourth-order valence-electron chi connectivity index (χ4n) is 0.573. The van der Waals surface area contributed by atoms with Crippen molar-refractivity contribution >= 4 is 17.7 Å². The quantitative estimate of drug-likeness (QED) is 0.400. The Morgan fingerprint density at radius 2 is 2.33 bits per heavy atom. The van der Waals surface area contributed by atoms with Gasteiger partial charge in [0, 0.05) is 17.5 Å². The molecule has 0 aliphatic rings. The van der Waals surface area contributed by atoms with Crippen molar-refractivity contribution in [3.63, 3.8) is 0 Å². The highest BCUT2D eigenvalue weighted by molar-refractivity contribution is 7.99. The molecule has 0 fully saturated rings. The molecule has 0 aromatic heterocycles. The van der Waals surface area contributed by atoms with Crippen LogP contribution in [0.1, 0.15) is 13.8 Å². The fraction of sp³-hybridized carbons (Fsp3) is 0.625. The highest BCUT2D eigenvalue weighted by Gasteiger charge is 1.96. The van der Waals surface area contributed by atoms with Crippen molar-refractivity contribution in [3.05, 3.63) is 11.8 Å². The second-order valence-electron chi connectivity index (χ2n) is 2.25. The summed E-state index contributed by atoms with van der Waals surface area (Å²) in [5, 5.41) is 0. The number of esters is 1. The van der Waals surface area contributed by atoms with E-state index in [0.29, 0.717) is 12.3 Å². The van der Waals surface area contributed by atoms with Crippen molar-refractivity contribution < 1.29 is 9.53 Å². The Hall–Kier alpha value is -0.640. The molecular formula is C8H15NO2S. The third-order valence-corrected chi connectivity index (χ3v) is 1.89. The maximum Gasteiger partial charge on any atom is 0.332 e. The Labute approximate surface area is 77.3 Å². The lowest BCUT2D eigenvalue weighted by Gasteiger charge is -2.00. The molecule has 0 saturated heterocycles. The molecule has 4 heteroatoms. The normalized spacial score (nSPS) is 11.3. The summed E-state index contributed by atoms with van der Waals surface area (Å²) < 4.78 is 4.84. The van der Waals surface area contributed by atoms with Gasteiger partial charge in [0.2, 0.25) is 0 Å². The van der Waals surface area contributed by atoms with Crippen LogP contribution in [0, 0.1) is 0 Å². The average molecular weight is 189 g/mol. The van der Waals surface area contributed by atoms with E-state index in [1.54, 1.807) is 18.7 Å². The predicted octanol–water partition coefficient (Wildman–Crippen LogP) is 1.15. The molecule has 2 N–H and O–H groups in total. The number of allylic oxidation sites excluding steroid dienone is 1. The maximum absolute atomic E-state index is 10.8. The second kappa shape index (κ2) is 7.03. The summed E-state index contributed by atoms with van der Waals surface area (Å²) in [5.74, 6) is 1.54. The summed E-state index contributed by atoms with van der Waals surface area (Å²) in [4.78, 5) is 10.8. The van der Waals surface area contributed by atoms with Crippen LogP contribution in [-0.4, -0.2) is 24.1 Å². The fourth-order valence-corrected chi connectivity index (χ4v) is 1.06. The van der Waals surface area contributed by atoms with Crippen LogP contribution >= 0.6 is 11.8 Å². The number of rotatable bonds is 5. The van der Waals surface area contributed by atoms with E-state index in [-0.39, 0.29) is 5.97 Å². The first kappa shape index (κ1) is 11.4. The Morgan fingerprint density at radius 1 is 1.67 bits per heavy atom. The van der Waals surface area contributed by atoms with Crippen LogP contribution in [0.5, 0.6) is 0 Å². The van der Waals surface area contributed by atoms with E-state index in [2.05, 4.69) is 6.92 Å². The molecule has 12 heavy (non-hydrogen) atoms. The average Bonchev–Trinajstić information content (AvgIpc) is 1.97. The monoisotopic (exact) mass is 189 g/mol. The molecule has 0 atom stereocenters. The Balaban J connectivity index is 3.39. The van der Waals surface area contributed by atoms with Gasteiger partial charge in [-0.2, -0.15) is 11.8 Å². The second-order valence-corrected chi connectivity index (χ2v) is 3.65. The topological polar surface area (TPSA) is 52.3 Å². The first-order chi connectivity index (χ1) is 5.66. The summed E-state index contributed by atoms with van der Waals surface area (Å²) in [7, 11) is 0. The molecule has 3 nitrogen and oxygen atoms in total. The van der Waals surface area contributed by atoms with E-state index in [4.69, 9.17) is 10.5 Å². The lowest BCUT2D eigenvalue weighted by atomic mass is 10.4. The van der Waals surface area contributed by atoms with Gasteiger partial charge >= 0.3 is 5.97 Å². The number of hydrogen-bond donors (Lipinski definition) is 1. The third kappa shape index (κ3) is 7.47. The van der Waals surface area contributed by atoms with E-state index >= 15 is 0 Å². The van der Waals surface area contributed by atoms with Gasteiger partial charge in [-0.3, -0.25) is 0 Å². The minimum Gasteiger partial charge on any atom is -0.462 e. The van der Waals surface area contributed by atoms with Crippen LogP contribution < -0.4 is 5.73 Å². The van der Waals surface area contributed by atoms with E-state index in [1.165, 1.54) is 6.08 Å². The van der Waals surface area contributed by atoms with E-state index in [0.717, 1.165) is 11.5 Å². The summed E-state index contributed by atoms with van der Waals surface area (Å²) >= 11 is 1.74. The molecule has 0 bridgehead atoms. The van der Waals surface area contributed by atoms with E-state index < -0.39 is 0 Å². The molecule has 0 aromatic carbocycles. The van der Waals surface area contributed by atoms with Crippen molar-refractivity contribution in [2.24, 2.45) is 5.73 Å². The van der Waals surface area contributed by atoms with Gasteiger partial charge in [-0.1, -0.05) is 6.92 Å². The van der Waals surface area contributed by atoms with Crippen LogP contribution in [-0.2, 0) is 9.53 Å². The molecule has 0 aliphatic carbocycles. The van der Waals surface area contributed by atoms with Gasteiger partial charge in [0.25, 0.3) is 0 Å². The number of carbonyl (C=O) groups excluding carboxylic acids is 1. The molecule has 0 aromatic rings. The summed E-state index contributed by atoms with van der Waals surface area (Å²) in [5.41, 5.74) is 5.75. The number of ether oxygens (including phenoxy) is 1. The molecule has 0 radical (unpaired) electrons. The highest BCUT2D eigenvalue weighted by Crippen LogP contribution is 1.97. The molecule has 70 valence electrons. The van der Waals surface area contributed by atoms with Crippen LogP contribution in [0.2, 0.25) is 0 Å². The zero-order valence-corrected chi connectivity index (χ0v) is 8.32. The van der Waals surface area contributed by atoms with Crippen molar-refractivity contribution in [3.8, 4) is 0 Å². The first-order valence-corrected chi connectivity index (χ1v) is 5.00. The third-order valence-electron chi connectivity index (χ3n) is 1.02. The van der Waals surface area contributed by atoms with Gasteiger partial charge in [-0.25, -0.2) is 4.79 Å². The van der Waals surface area contributed by atoms with Gasteiger partial charge in [0.1, 0.15) is 6.61 Å². The van der Waals surface area contributed by atoms with Gasteiger partial charge in [0.05, 0.1) is 0 Å². The van der Waals surface area contributed by atoms with Crippen LogP contribution in [0.15, 0.2) is 11.8 Å². The lowest BCUT2D eigenvalue weighted by molar-refractivity contribution is -0.137. The van der Waals surface area contributed by atoms with Gasteiger partial charge in [-0.05, 0) is 12.7 Å². The minimum atomic E-state index is -0.355. The number of carbonyl (C=O) groups is 1. The predicted molar refractivity (Wildman–Crippen MR) is 51.9 cm³/mol. The number of thioether (sulfide) groups is 1. The molecule has 0 heterocycles. The van der Waals surface area contributed by atoms with Crippen LogP contribution in [0.4, 0.5) is 0 Å². The number of nitrogens with two attached hydrogens (primary N) is 1. The lowest BCUT2D eigenvalue weighted by Crippen LogP contribution is -2.06. The molecule has 0 saturated carbocycles. The zero-order chi connectivity index (χ0) is 9.40.